The van der Waals surface area contributed by atoms with E-state index in [4.69, 9.17) is 15.6 Å². The molecular formula is C17H18ClFN4O3. The number of fused-ring (bicyclic) bond motifs is 1. The summed E-state index contributed by atoms with van der Waals surface area (Å²) in [6.45, 7) is 0.463. The zero-order chi connectivity index (χ0) is 17.8. The van der Waals surface area contributed by atoms with Gasteiger partial charge in [-0.05, 0) is 36.4 Å². The average Bonchev–Trinajstić information content (AvgIpc) is 2.98. The first-order valence-electron chi connectivity index (χ1n) is 7.63. The van der Waals surface area contributed by atoms with E-state index in [0.717, 1.165) is 10.9 Å². The maximum atomic E-state index is 13.5. The quantitative estimate of drug-likeness (QED) is 0.611. The molecular weight excluding hydrogens is 363 g/mol. The predicted octanol–water partition coefficient (Wildman–Crippen LogP) is 2.55. The molecule has 0 aliphatic heterocycles. The van der Waals surface area contributed by atoms with E-state index in [1.165, 1.54) is 18.2 Å². The molecule has 3 rings (SSSR count). The number of aliphatic hydroxyl groups is 1. The van der Waals surface area contributed by atoms with Crippen LogP contribution in [0.15, 0.2) is 42.6 Å². The Bertz CT molecular complexity index is 916. The largest absolute Gasteiger partial charge is 0.457 e. The minimum absolute atomic E-state index is 0. The Labute approximate surface area is 155 Å². The molecule has 0 aliphatic rings. The molecule has 7 nitrogen and oxygen atoms in total. The molecule has 1 aromatic heterocycles. The van der Waals surface area contributed by atoms with E-state index in [-0.39, 0.29) is 25.6 Å². The van der Waals surface area contributed by atoms with Crippen LogP contribution in [-0.4, -0.2) is 27.5 Å². The zero-order valence-electron chi connectivity index (χ0n) is 13.7. The normalized spacial score (nSPS) is 10.4. The van der Waals surface area contributed by atoms with Crippen molar-refractivity contribution < 1.29 is 19.0 Å². The van der Waals surface area contributed by atoms with E-state index >= 15 is 0 Å². The topological polar surface area (TPSA) is 102 Å². The minimum atomic E-state index is -0.701. The van der Waals surface area contributed by atoms with Crippen LogP contribution in [0.3, 0.4) is 0 Å². The van der Waals surface area contributed by atoms with Crippen molar-refractivity contribution in [3.63, 3.8) is 0 Å². The molecule has 2 aromatic carbocycles. The summed E-state index contributed by atoms with van der Waals surface area (Å²) in [4.78, 5) is 10.9. The lowest BCUT2D eigenvalue weighted by molar-refractivity contribution is 0.248. The van der Waals surface area contributed by atoms with E-state index in [1.54, 1.807) is 23.0 Å². The van der Waals surface area contributed by atoms with Gasteiger partial charge in [0.1, 0.15) is 17.3 Å². The SMILES string of the molecule is Cl.NC(=O)NCc1cc(F)ccc1Oc1ccc2c(cnn2CCO)c1. The van der Waals surface area contributed by atoms with Gasteiger partial charge in [-0.1, -0.05) is 0 Å². The lowest BCUT2D eigenvalue weighted by Crippen LogP contribution is -2.28. The number of rotatable bonds is 6. The molecule has 2 amide bonds. The second-order valence-electron chi connectivity index (χ2n) is 5.38. The van der Waals surface area contributed by atoms with Gasteiger partial charge in [-0.25, -0.2) is 9.18 Å². The second kappa shape index (κ2) is 8.50. The van der Waals surface area contributed by atoms with Gasteiger partial charge < -0.3 is 20.9 Å². The van der Waals surface area contributed by atoms with Crippen LogP contribution < -0.4 is 15.8 Å². The number of aromatic nitrogens is 2. The number of ether oxygens (including phenoxy) is 1. The maximum Gasteiger partial charge on any atom is 0.312 e. The molecule has 0 bridgehead atoms. The minimum Gasteiger partial charge on any atom is -0.457 e. The number of carbonyl (C=O) groups is 1. The summed E-state index contributed by atoms with van der Waals surface area (Å²) in [5.41, 5.74) is 6.40. The van der Waals surface area contributed by atoms with Crippen LogP contribution in [0.4, 0.5) is 9.18 Å². The number of nitrogens with two attached hydrogens (primary N) is 1. The van der Waals surface area contributed by atoms with Crippen molar-refractivity contribution in [2.24, 2.45) is 5.73 Å². The van der Waals surface area contributed by atoms with Gasteiger partial charge in [0.05, 0.1) is 24.9 Å². The van der Waals surface area contributed by atoms with Crippen molar-refractivity contribution in [2.75, 3.05) is 6.61 Å². The van der Waals surface area contributed by atoms with Crippen LogP contribution >= 0.6 is 12.4 Å². The number of nitrogens with one attached hydrogen (secondary N) is 1. The molecule has 9 heteroatoms. The number of amides is 2. The predicted molar refractivity (Wildman–Crippen MR) is 97.0 cm³/mol. The van der Waals surface area contributed by atoms with Crippen LogP contribution in [0.25, 0.3) is 10.9 Å². The van der Waals surface area contributed by atoms with Crippen molar-refractivity contribution >= 4 is 29.3 Å². The van der Waals surface area contributed by atoms with E-state index in [2.05, 4.69) is 10.4 Å². The first-order chi connectivity index (χ1) is 12.1. The third-order valence-electron chi connectivity index (χ3n) is 3.63. The summed E-state index contributed by atoms with van der Waals surface area (Å²) in [6.07, 6.45) is 1.68. The van der Waals surface area contributed by atoms with Crippen molar-refractivity contribution in [3.05, 3.63) is 54.0 Å². The molecule has 0 unspecified atom stereocenters. The first-order valence-corrected chi connectivity index (χ1v) is 7.63. The molecule has 3 aromatic rings. The van der Waals surface area contributed by atoms with Crippen molar-refractivity contribution in [1.82, 2.24) is 15.1 Å². The third-order valence-corrected chi connectivity index (χ3v) is 3.63. The maximum absolute atomic E-state index is 13.5. The third kappa shape index (κ3) is 4.41. The standard InChI is InChI=1S/C17H17FN4O3.ClH/c18-13-1-4-16(12(7-13)9-20-17(19)24)25-14-2-3-15-11(8-14)10-21-22(15)5-6-23;/h1-4,7-8,10,23H,5-6,9H2,(H3,19,20,24);1H. The number of benzene rings is 2. The Hall–Kier alpha value is -2.84. The van der Waals surface area contributed by atoms with Gasteiger partial charge in [0.15, 0.2) is 0 Å². The van der Waals surface area contributed by atoms with Crippen LogP contribution in [0.1, 0.15) is 5.56 Å². The van der Waals surface area contributed by atoms with Gasteiger partial charge in [-0.3, -0.25) is 4.68 Å². The Kier molecular flexibility index (Phi) is 6.37. The highest BCUT2D eigenvalue weighted by Crippen LogP contribution is 2.28. The molecule has 4 N–H and O–H groups in total. The lowest BCUT2D eigenvalue weighted by Gasteiger charge is -2.12. The fourth-order valence-electron chi connectivity index (χ4n) is 2.50. The number of primary amides is 1. The van der Waals surface area contributed by atoms with Crippen LogP contribution in [0, 0.1) is 5.82 Å². The summed E-state index contributed by atoms with van der Waals surface area (Å²) in [6, 6.07) is 8.74. The molecule has 138 valence electrons. The number of halogens is 2. The van der Waals surface area contributed by atoms with Gasteiger partial charge in [-0.15, -0.1) is 12.4 Å². The smallest absolute Gasteiger partial charge is 0.312 e. The molecule has 0 atom stereocenters. The number of urea groups is 1. The van der Waals surface area contributed by atoms with Gasteiger partial charge in [0, 0.05) is 17.5 Å². The first kappa shape index (κ1) is 19.5. The molecule has 26 heavy (non-hydrogen) atoms. The number of hydrogen-bond donors (Lipinski definition) is 3. The Morgan fingerprint density at radius 1 is 1.31 bits per heavy atom. The number of nitrogens with zero attached hydrogens (tertiary/aromatic N) is 2. The molecule has 0 saturated carbocycles. The monoisotopic (exact) mass is 380 g/mol. The Balaban J connectivity index is 0.00000243. The van der Waals surface area contributed by atoms with Gasteiger partial charge >= 0.3 is 6.03 Å². The molecule has 0 fully saturated rings. The van der Waals surface area contributed by atoms with E-state index in [1.807, 2.05) is 6.07 Å². The number of aliphatic hydroxyl groups excluding tert-OH is 1. The summed E-state index contributed by atoms with van der Waals surface area (Å²) < 4.78 is 21.0. The highest BCUT2D eigenvalue weighted by Gasteiger charge is 2.09. The fourth-order valence-corrected chi connectivity index (χ4v) is 2.50. The van der Waals surface area contributed by atoms with Gasteiger partial charge in [-0.2, -0.15) is 5.10 Å². The lowest BCUT2D eigenvalue weighted by atomic mass is 10.2. The van der Waals surface area contributed by atoms with Gasteiger partial charge in [0.2, 0.25) is 0 Å². The van der Waals surface area contributed by atoms with Crippen molar-refractivity contribution in [1.29, 1.82) is 0 Å². The van der Waals surface area contributed by atoms with Crippen LogP contribution in [0.2, 0.25) is 0 Å². The molecule has 1 heterocycles. The fraction of sp³-hybridized carbons (Fsp3) is 0.176. The van der Waals surface area contributed by atoms with Crippen molar-refractivity contribution in [2.45, 2.75) is 13.1 Å². The van der Waals surface area contributed by atoms with E-state index < -0.39 is 11.8 Å². The zero-order valence-corrected chi connectivity index (χ0v) is 14.5. The average molecular weight is 381 g/mol. The molecule has 0 spiro atoms. The summed E-state index contributed by atoms with van der Waals surface area (Å²) in [5.74, 6) is 0.523. The van der Waals surface area contributed by atoms with Gasteiger partial charge in [0.25, 0.3) is 0 Å². The highest BCUT2D eigenvalue weighted by molar-refractivity contribution is 5.85. The summed E-state index contributed by atoms with van der Waals surface area (Å²) in [7, 11) is 0. The number of carbonyl (C=O) groups excluding carboxylic acids is 1. The Morgan fingerprint density at radius 3 is 2.85 bits per heavy atom. The van der Waals surface area contributed by atoms with Crippen LogP contribution in [-0.2, 0) is 13.1 Å². The van der Waals surface area contributed by atoms with Crippen LogP contribution in [0.5, 0.6) is 11.5 Å². The Morgan fingerprint density at radius 2 is 2.12 bits per heavy atom. The number of hydrogen-bond acceptors (Lipinski definition) is 4. The summed E-state index contributed by atoms with van der Waals surface area (Å²) >= 11 is 0. The highest BCUT2D eigenvalue weighted by atomic mass is 35.5. The summed E-state index contributed by atoms with van der Waals surface area (Å²) in [5, 5.41) is 16.5. The molecule has 0 radical (unpaired) electrons. The van der Waals surface area contributed by atoms with Crippen molar-refractivity contribution in [3.8, 4) is 11.5 Å². The van der Waals surface area contributed by atoms with E-state index in [0.29, 0.717) is 23.6 Å². The molecule has 0 aliphatic carbocycles. The molecule has 0 saturated heterocycles. The second-order valence-corrected chi connectivity index (χ2v) is 5.38. The van der Waals surface area contributed by atoms with E-state index in [9.17, 15) is 9.18 Å².